The highest BCUT2D eigenvalue weighted by Crippen LogP contribution is 2.38. The quantitative estimate of drug-likeness (QED) is 0.788. The van der Waals surface area contributed by atoms with Crippen LogP contribution in [0.3, 0.4) is 0 Å². The van der Waals surface area contributed by atoms with Gasteiger partial charge in [0.1, 0.15) is 5.78 Å². The molecule has 1 fully saturated rings. The van der Waals surface area contributed by atoms with Crippen molar-refractivity contribution >= 4 is 14.1 Å². The zero-order valence-corrected chi connectivity index (χ0v) is 12.7. The van der Waals surface area contributed by atoms with E-state index in [2.05, 4.69) is 33.9 Å². The van der Waals surface area contributed by atoms with E-state index in [1.165, 1.54) is 0 Å². The van der Waals surface area contributed by atoms with Crippen molar-refractivity contribution in [2.75, 3.05) is 13.2 Å². The summed E-state index contributed by atoms with van der Waals surface area (Å²) in [6.07, 6.45) is 1.11. The molecule has 0 aromatic heterocycles. The normalized spacial score (nSPS) is 26.6. The van der Waals surface area contributed by atoms with Crippen LogP contribution in [0, 0.1) is 11.8 Å². The van der Waals surface area contributed by atoms with E-state index in [-0.39, 0.29) is 29.3 Å². The molecule has 0 aromatic rings. The molecule has 2 atom stereocenters. The number of aliphatic hydroxyl groups is 1. The van der Waals surface area contributed by atoms with Gasteiger partial charge < -0.3 is 9.53 Å². The van der Waals surface area contributed by atoms with Crippen LogP contribution < -0.4 is 0 Å². The fourth-order valence-corrected chi connectivity index (χ4v) is 3.01. The molecular weight excluding hydrogens is 232 g/mol. The lowest BCUT2D eigenvalue weighted by molar-refractivity contribution is -0.117. The Hall–Kier alpha value is -0.193. The smallest absolute Gasteiger partial charge is 0.191 e. The molecule has 17 heavy (non-hydrogen) atoms. The maximum Gasteiger partial charge on any atom is 0.191 e. The molecule has 0 aromatic carbocycles. The summed E-state index contributed by atoms with van der Waals surface area (Å²) in [5.41, 5.74) is 0. The molecule has 0 saturated heterocycles. The average Bonchev–Trinajstić information content (AvgIpc) is 2.54. The molecule has 0 radical (unpaired) electrons. The number of hydrogen-bond donors (Lipinski definition) is 1. The fourth-order valence-electron chi connectivity index (χ4n) is 1.94. The van der Waals surface area contributed by atoms with Crippen molar-refractivity contribution in [3.8, 4) is 0 Å². The summed E-state index contributed by atoms with van der Waals surface area (Å²) in [7, 11) is -1.73. The largest absolute Gasteiger partial charge is 0.417 e. The van der Waals surface area contributed by atoms with Crippen LogP contribution in [0.25, 0.3) is 0 Å². The number of ketones is 1. The maximum atomic E-state index is 11.4. The van der Waals surface area contributed by atoms with Crippen molar-refractivity contribution in [3.63, 3.8) is 0 Å². The van der Waals surface area contributed by atoms with Crippen LogP contribution in [-0.4, -0.2) is 32.4 Å². The molecule has 1 rings (SSSR count). The van der Waals surface area contributed by atoms with E-state index in [0.29, 0.717) is 19.4 Å². The molecule has 1 N–H and O–H groups in total. The van der Waals surface area contributed by atoms with E-state index >= 15 is 0 Å². The van der Waals surface area contributed by atoms with Crippen molar-refractivity contribution < 1.29 is 14.3 Å². The van der Waals surface area contributed by atoms with Crippen molar-refractivity contribution in [1.29, 1.82) is 0 Å². The predicted molar refractivity (Wildman–Crippen MR) is 71.5 cm³/mol. The minimum absolute atomic E-state index is 0.108. The maximum absolute atomic E-state index is 11.4. The van der Waals surface area contributed by atoms with Gasteiger partial charge in [0.2, 0.25) is 0 Å². The SMILES string of the molecule is CC(C)(C)[Si](C)(C)OC[C@H]1CC(=O)C[C@H]1CO. The second kappa shape index (κ2) is 5.20. The van der Waals surface area contributed by atoms with Crippen molar-refractivity contribution in [2.24, 2.45) is 11.8 Å². The molecule has 100 valence electrons. The van der Waals surface area contributed by atoms with Gasteiger partial charge in [-0.25, -0.2) is 0 Å². The lowest BCUT2D eigenvalue weighted by Gasteiger charge is -2.37. The number of carbonyl (C=O) groups is 1. The molecule has 0 bridgehead atoms. The molecule has 3 nitrogen and oxygen atoms in total. The molecule has 0 spiro atoms. The Bertz CT molecular complexity index is 281. The zero-order chi connectivity index (χ0) is 13.3. The fraction of sp³-hybridized carbons (Fsp3) is 0.923. The molecule has 0 amide bonds. The first-order valence-corrected chi connectivity index (χ1v) is 9.34. The van der Waals surface area contributed by atoms with E-state index < -0.39 is 8.32 Å². The lowest BCUT2D eigenvalue weighted by atomic mass is 9.98. The standard InChI is InChI=1S/C13H26O3Si/c1-13(2,3)17(4,5)16-9-11-7-12(15)6-10(11)8-14/h10-11,14H,6-9H2,1-5H3/t10-,11+/m0/s1. The van der Waals surface area contributed by atoms with E-state index in [0.717, 1.165) is 0 Å². The van der Waals surface area contributed by atoms with Crippen molar-refractivity contribution in [1.82, 2.24) is 0 Å². The molecule has 4 heteroatoms. The van der Waals surface area contributed by atoms with Crippen LogP contribution >= 0.6 is 0 Å². The Morgan fingerprint density at radius 3 is 2.29 bits per heavy atom. The first kappa shape index (κ1) is 14.9. The summed E-state index contributed by atoms with van der Waals surface area (Å²) < 4.78 is 6.13. The van der Waals surface area contributed by atoms with Crippen LogP contribution in [0.4, 0.5) is 0 Å². The minimum atomic E-state index is -1.73. The topological polar surface area (TPSA) is 46.5 Å². The second-order valence-corrected chi connectivity index (χ2v) is 11.5. The number of Topliss-reactive ketones (excluding diaryl/α,β-unsaturated/α-hetero) is 1. The third kappa shape index (κ3) is 3.63. The molecule has 0 aliphatic heterocycles. The van der Waals surface area contributed by atoms with Gasteiger partial charge in [-0.3, -0.25) is 4.79 Å². The third-order valence-corrected chi connectivity index (χ3v) is 8.85. The van der Waals surface area contributed by atoms with E-state index in [4.69, 9.17) is 4.43 Å². The van der Waals surface area contributed by atoms with Crippen LogP contribution in [0.15, 0.2) is 0 Å². The van der Waals surface area contributed by atoms with Gasteiger partial charge in [0.25, 0.3) is 0 Å². The van der Waals surface area contributed by atoms with Gasteiger partial charge >= 0.3 is 0 Å². The molecular formula is C13H26O3Si. The predicted octanol–water partition coefficient (Wildman–Crippen LogP) is 2.60. The van der Waals surface area contributed by atoms with Crippen LogP contribution in [0.1, 0.15) is 33.6 Å². The van der Waals surface area contributed by atoms with Crippen molar-refractivity contribution in [2.45, 2.75) is 51.7 Å². The zero-order valence-electron chi connectivity index (χ0n) is 11.7. The van der Waals surface area contributed by atoms with Crippen LogP contribution in [-0.2, 0) is 9.22 Å². The third-order valence-electron chi connectivity index (χ3n) is 4.35. The molecule has 1 aliphatic carbocycles. The monoisotopic (exact) mass is 258 g/mol. The molecule has 1 aliphatic rings. The number of rotatable bonds is 4. The second-order valence-electron chi connectivity index (χ2n) is 6.72. The Morgan fingerprint density at radius 2 is 1.82 bits per heavy atom. The van der Waals surface area contributed by atoms with E-state index in [1.807, 2.05) is 0 Å². The summed E-state index contributed by atoms with van der Waals surface area (Å²) in [4.78, 5) is 11.4. The Kier molecular flexibility index (Phi) is 4.55. The van der Waals surface area contributed by atoms with Crippen LogP contribution in [0.5, 0.6) is 0 Å². The van der Waals surface area contributed by atoms with Gasteiger partial charge in [0.15, 0.2) is 8.32 Å². The summed E-state index contributed by atoms with van der Waals surface area (Å²) in [6.45, 7) is 11.8. The van der Waals surface area contributed by atoms with Gasteiger partial charge in [-0.2, -0.15) is 0 Å². The van der Waals surface area contributed by atoms with Gasteiger partial charge in [0, 0.05) is 26.1 Å². The van der Waals surface area contributed by atoms with Gasteiger partial charge in [-0.05, 0) is 30.0 Å². The van der Waals surface area contributed by atoms with Gasteiger partial charge in [-0.1, -0.05) is 20.8 Å². The van der Waals surface area contributed by atoms with Gasteiger partial charge in [0.05, 0.1) is 0 Å². The van der Waals surface area contributed by atoms with Gasteiger partial charge in [-0.15, -0.1) is 0 Å². The van der Waals surface area contributed by atoms with Crippen molar-refractivity contribution in [3.05, 3.63) is 0 Å². The summed E-state index contributed by atoms with van der Waals surface area (Å²) in [5.74, 6) is 0.613. The van der Waals surface area contributed by atoms with E-state index in [9.17, 15) is 9.90 Å². The number of aliphatic hydroxyl groups excluding tert-OH is 1. The highest BCUT2D eigenvalue weighted by atomic mass is 28.4. The van der Waals surface area contributed by atoms with Crippen LogP contribution in [0.2, 0.25) is 18.1 Å². The minimum Gasteiger partial charge on any atom is -0.417 e. The summed E-state index contributed by atoms with van der Waals surface area (Å²) in [5, 5.41) is 9.45. The Labute approximate surface area is 106 Å². The molecule has 0 unspecified atom stereocenters. The number of hydrogen-bond acceptors (Lipinski definition) is 3. The Morgan fingerprint density at radius 1 is 1.29 bits per heavy atom. The Balaban J connectivity index is 2.53. The first-order chi connectivity index (χ1) is 7.67. The number of carbonyl (C=O) groups excluding carboxylic acids is 1. The first-order valence-electron chi connectivity index (χ1n) is 6.44. The lowest BCUT2D eigenvalue weighted by Crippen LogP contribution is -2.42. The molecule has 1 saturated carbocycles. The highest BCUT2D eigenvalue weighted by molar-refractivity contribution is 6.74. The van der Waals surface area contributed by atoms with E-state index in [1.54, 1.807) is 0 Å². The molecule has 0 heterocycles. The average molecular weight is 258 g/mol. The summed E-state index contributed by atoms with van der Waals surface area (Å²) >= 11 is 0. The summed E-state index contributed by atoms with van der Waals surface area (Å²) in [6, 6.07) is 0. The highest BCUT2D eigenvalue weighted by Gasteiger charge is 2.39.